The van der Waals surface area contributed by atoms with Gasteiger partial charge in [-0.05, 0) is 30.3 Å². The van der Waals surface area contributed by atoms with E-state index < -0.39 is 11.9 Å². The summed E-state index contributed by atoms with van der Waals surface area (Å²) in [4.78, 5) is 38.0. The molecule has 0 unspecified atom stereocenters. The first-order chi connectivity index (χ1) is 10.5. The Bertz CT molecular complexity index is 731. The van der Waals surface area contributed by atoms with Gasteiger partial charge in [0.2, 0.25) is 0 Å². The monoisotopic (exact) mass is 317 g/mol. The van der Waals surface area contributed by atoms with E-state index in [1.807, 2.05) is 0 Å². The van der Waals surface area contributed by atoms with Crippen molar-refractivity contribution in [2.45, 2.75) is 0 Å². The maximum Gasteiger partial charge on any atom is 0.337 e. The maximum absolute atomic E-state index is 12.0. The van der Waals surface area contributed by atoms with E-state index in [0.717, 1.165) is 0 Å². The first-order valence-electron chi connectivity index (χ1n) is 6.05. The zero-order valence-electron chi connectivity index (χ0n) is 11.1. The van der Waals surface area contributed by atoms with Gasteiger partial charge in [-0.25, -0.2) is 4.79 Å². The van der Waals surface area contributed by atoms with E-state index in [2.05, 4.69) is 27.8 Å². The Balaban J connectivity index is 2.13. The molecule has 0 fully saturated rings. The Morgan fingerprint density at radius 1 is 0.955 bits per heavy atom. The number of aromatic carboxylic acids is 1. The minimum absolute atomic E-state index is 0.0291. The number of carboxylic acid groups (broad SMARTS) is 1. The van der Waals surface area contributed by atoms with Gasteiger partial charge in [-0.3, -0.25) is 19.3 Å². The Morgan fingerprint density at radius 3 is 2.09 bits per heavy atom. The third-order valence-corrected chi connectivity index (χ3v) is 2.96. The minimum Gasteiger partial charge on any atom is -0.478 e. The van der Waals surface area contributed by atoms with Gasteiger partial charge in [-0.15, -0.1) is 0 Å². The Hall–Kier alpha value is -2.87. The zero-order valence-corrected chi connectivity index (χ0v) is 12.0. The Labute approximate surface area is 130 Å². The SMILES string of the molecule is O=C(O)c1cncc(NC(=O)c2ccc(C(=O)NS)cc2)c1. The van der Waals surface area contributed by atoms with Crippen LogP contribution in [-0.2, 0) is 0 Å². The molecule has 2 amide bonds. The van der Waals surface area contributed by atoms with Crippen molar-refractivity contribution in [2.24, 2.45) is 0 Å². The van der Waals surface area contributed by atoms with Crippen molar-refractivity contribution in [3.8, 4) is 0 Å². The summed E-state index contributed by atoms with van der Waals surface area (Å²) in [6.45, 7) is 0. The lowest BCUT2D eigenvalue weighted by Gasteiger charge is -2.06. The van der Waals surface area contributed by atoms with Gasteiger partial charge >= 0.3 is 5.97 Å². The molecule has 1 aromatic heterocycles. The van der Waals surface area contributed by atoms with Crippen LogP contribution in [0.4, 0.5) is 5.69 Å². The molecular weight excluding hydrogens is 306 g/mol. The van der Waals surface area contributed by atoms with Crippen molar-refractivity contribution in [3.05, 3.63) is 59.4 Å². The van der Waals surface area contributed by atoms with E-state index in [1.165, 1.54) is 42.7 Å². The number of anilines is 1. The van der Waals surface area contributed by atoms with Crippen LogP contribution in [0.15, 0.2) is 42.7 Å². The number of carbonyl (C=O) groups is 3. The number of thiol groups is 1. The average molecular weight is 317 g/mol. The number of carboxylic acids is 1. The molecule has 2 aromatic rings. The fourth-order valence-electron chi connectivity index (χ4n) is 1.67. The predicted molar refractivity (Wildman–Crippen MR) is 82.0 cm³/mol. The topological polar surface area (TPSA) is 108 Å². The van der Waals surface area contributed by atoms with Crippen LogP contribution < -0.4 is 10.0 Å². The second-order valence-electron chi connectivity index (χ2n) is 4.24. The summed E-state index contributed by atoms with van der Waals surface area (Å²) >= 11 is 3.65. The van der Waals surface area contributed by atoms with E-state index >= 15 is 0 Å². The molecule has 0 aliphatic heterocycles. The lowest BCUT2D eigenvalue weighted by Crippen LogP contribution is -2.15. The number of aromatic nitrogens is 1. The molecule has 0 atom stereocenters. The van der Waals surface area contributed by atoms with Crippen LogP contribution in [0.1, 0.15) is 31.1 Å². The van der Waals surface area contributed by atoms with E-state index in [0.29, 0.717) is 11.1 Å². The minimum atomic E-state index is -1.13. The first kappa shape index (κ1) is 15.5. The summed E-state index contributed by atoms with van der Waals surface area (Å²) in [5, 5.41) is 11.4. The van der Waals surface area contributed by atoms with Gasteiger partial charge in [0.1, 0.15) is 0 Å². The number of nitrogens with one attached hydrogen (secondary N) is 2. The number of rotatable bonds is 4. The molecule has 0 aliphatic carbocycles. The number of hydrogen-bond donors (Lipinski definition) is 4. The Kier molecular flexibility index (Phi) is 4.74. The van der Waals surface area contributed by atoms with Gasteiger partial charge in [-0.2, -0.15) is 0 Å². The van der Waals surface area contributed by atoms with Crippen molar-refractivity contribution in [1.82, 2.24) is 9.71 Å². The number of amides is 2. The summed E-state index contributed by atoms with van der Waals surface area (Å²) in [6.07, 6.45) is 2.52. The van der Waals surface area contributed by atoms with Crippen LogP contribution in [0.5, 0.6) is 0 Å². The van der Waals surface area contributed by atoms with Crippen LogP contribution in [-0.4, -0.2) is 27.9 Å². The van der Waals surface area contributed by atoms with Gasteiger partial charge in [0.05, 0.1) is 17.4 Å². The van der Waals surface area contributed by atoms with Crippen LogP contribution >= 0.6 is 12.8 Å². The van der Waals surface area contributed by atoms with Crippen LogP contribution in [0.25, 0.3) is 0 Å². The summed E-state index contributed by atoms with van der Waals surface area (Å²) in [6, 6.07) is 7.21. The van der Waals surface area contributed by atoms with Gasteiger partial charge in [0, 0.05) is 17.3 Å². The fraction of sp³-hybridized carbons (Fsp3) is 0. The molecule has 0 aliphatic rings. The normalized spacial score (nSPS) is 9.86. The molecule has 3 N–H and O–H groups in total. The number of pyridine rings is 1. The van der Waals surface area contributed by atoms with Crippen LogP contribution in [0.2, 0.25) is 0 Å². The molecule has 0 radical (unpaired) electrons. The van der Waals surface area contributed by atoms with Gasteiger partial charge < -0.3 is 10.4 Å². The highest BCUT2D eigenvalue weighted by atomic mass is 32.1. The van der Waals surface area contributed by atoms with E-state index in [1.54, 1.807) is 0 Å². The summed E-state index contributed by atoms with van der Waals surface area (Å²) in [5.41, 5.74) is 0.915. The molecule has 0 bridgehead atoms. The standard InChI is InChI=1S/C14H11N3O4S/c18-12(8-1-3-9(4-2-8)13(19)17-22)16-11-5-10(14(20)21)6-15-7-11/h1-7,22H,(H,16,18)(H,17,19)(H,20,21). The molecule has 8 heteroatoms. The van der Waals surface area contributed by atoms with Crippen LogP contribution in [0, 0.1) is 0 Å². The maximum atomic E-state index is 12.0. The molecule has 22 heavy (non-hydrogen) atoms. The molecule has 1 heterocycles. The van der Waals surface area contributed by atoms with Gasteiger partial charge in [0.25, 0.3) is 11.8 Å². The predicted octanol–water partition coefficient (Wildman–Crippen LogP) is 1.61. The fourth-order valence-corrected chi connectivity index (χ4v) is 1.80. The number of benzene rings is 1. The summed E-state index contributed by atoms with van der Waals surface area (Å²) in [5.74, 6) is -1.96. The molecule has 7 nitrogen and oxygen atoms in total. The second kappa shape index (κ2) is 6.72. The Morgan fingerprint density at radius 2 is 1.55 bits per heavy atom. The van der Waals surface area contributed by atoms with E-state index in [9.17, 15) is 14.4 Å². The largest absolute Gasteiger partial charge is 0.478 e. The van der Waals surface area contributed by atoms with Crippen molar-refractivity contribution in [1.29, 1.82) is 0 Å². The molecule has 0 spiro atoms. The smallest absolute Gasteiger partial charge is 0.337 e. The quantitative estimate of drug-likeness (QED) is 0.641. The molecule has 0 saturated heterocycles. The summed E-state index contributed by atoms with van der Waals surface area (Å²) in [7, 11) is 0. The van der Waals surface area contributed by atoms with E-state index in [4.69, 9.17) is 5.11 Å². The van der Waals surface area contributed by atoms with Crippen LogP contribution in [0.3, 0.4) is 0 Å². The van der Waals surface area contributed by atoms with E-state index in [-0.39, 0.29) is 17.2 Å². The number of nitrogens with zero attached hydrogens (tertiary/aromatic N) is 1. The third kappa shape index (κ3) is 3.61. The van der Waals surface area contributed by atoms with Crippen molar-refractivity contribution < 1.29 is 19.5 Å². The highest BCUT2D eigenvalue weighted by Gasteiger charge is 2.10. The highest BCUT2D eigenvalue weighted by molar-refractivity contribution is 7.78. The number of hydrogen-bond acceptors (Lipinski definition) is 5. The van der Waals surface area contributed by atoms with Crippen molar-refractivity contribution >= 4 is 36.3 Å². The van der Waals surface area contributed by atoms with Crippen molar-refractivity contribution in [2.75, 3.05) is 5.32 Å². The average Bonchev–Trinajstić information content (AvgIpc) is 2.54. The molecule has 112 valence electrons. The second-order valence-corrected chi connectivity index (χ2v) is 4.46. The third-order valence-electron chi connectivity index (χ3n) is 2.75. The van der Waals surface area contributed by atoms with Gasteiger partial charge in [-0.1, -0.05) is 12.8 Å². The van der Waals surface area contributed by atoms with Gasteiger partial charge in [0.15, 0.2) is 0 Å². The highest BCUT2D eigenvalue weighted by Crippen LogP contribution is 2.11. The zero-order chi connectivity index (χ0) is 16.1. The molecular formula is C14H11N3O4S. The first-order valence-corrected chi connectivity index (χ1v) is 6.50. The molecule has 2 rings (SSSR count). The summed E-state index contributed by atoms with van der Waals surface area (Å²) < 4.78 is 2.18. The van der Waals surface area contributed by atoms with Crippen molar-refractivity contribution in [3.63, 3.8) is 0 Å². The molecule has 1 aromatic carbocycles. The number of carbonyl (C=O) groups excluding carboxylic acids is 2. The lowest BCUT2D eigenvalue weighted by atomic mass is 10.1. The lowest BCUT2D eigenvalue weighted by molar-refractivity contribution is 0.0696. The molecule has 0 saturated carbocycles.